The van der Waals surface area contributed by atoms with Crippen LogP contribution in [0.25, 0.3) is 11.0 Å². The number of ether oxygens (including phenoxy) is 1. The average molecular weight is 366 g/mol. The number of fused-ring (bicyclic) bond motifs is 1. The van der Waals surface area contributed by atoms with Gasteiger partial charge in [0.25, 0.3) is 0 Å². The lowest BCUT2D eigenvalue weighted by Crippen LogP contribution is -2.03. The molecule has 0 fully saturated rings. The summed E-state index contributed by atoms with van der Waals surface area (Å²) in [6.45, 7) is 3.49. The number of benzene rings is 1. The van der Waals surface area contributed by atoms with Crippen LogP contribution in [0.2, 0.25) is 0 Å². The van der Waals surface area contributed by atoms with Crippen molar-refractivity contribution in [3.05, 3.63) is 39.0 Å². The topological polar surface area (TPSA) is 53.1 Å². The van der Waals surface area contributed by atoms with Crippen molar-refractivity contribution in [2.24, 2.45) is 0 Å². The van der Waals surface area contributed by atoms with Crippen LogP contribution < -0.4 is 10.5 Å². The Labute approximate surface area is 135 Å². The smallest absolute Gasteiger partial charge is 0.201 e. The van der Waals surface area contributed by atoms with Crippen molar-refractivity contribution in [3.63, 3.8) is 0 Å². The van der Waals surface area contributed by atoms with Crippen LogP contribution in [0.4, 0.5) is 5.95 Å². The van der Waals surface area contributed by atoms with Gasteiger partial charge < -0.3 is 15.0 Å². The number of imidazole rings is 1. The molecule has 0 saturated heterocycles. The number of rotatable bonds is 5. The highest BCUT2D eigenvalue weighted by molar-refractivity contribution is 9.10. The molecular weight excluding hydrogens is 350 g/mol. The van der Waals surface area contributed by atoms with E-state index in [4.69, 9.17) is 10.5 Å². The van der Waals surface area contributed by atoms with Crippen LogP contribution in [0.15, 0.2) is 34.1 Å². The minimum atomic E-state index is 0.516. The zero-order valence-corrected chi connectivity index (χ0v) is 14.1. The zero-order chi connectivity index (χ0) is 14.8. The molecule has 0 amide bonds. The summed E-state index contributed by atoms with van der Waals surface area (Å²) in [6.07, 6.45) is 0.968. The van der Waals surface area contributed by atoms with E-state index in [0.29, 0.717) is 12.6 Å². The lowest BCUT2D eigenvalue weighted by Gasteiger charge is -2.06. The number of halogens is 1. The second-order valence-corrected chi connectivity index (χ2v) is 6.67. The van der Waals surface area contributed by atoms with Crippen molar-refractivity contribution in [2.45, 2.75) is 19.9 Å². The van der Waals surface area contributed by atoms with E-state index in [0.717, 1.165) is 34.2 Å². The van der Waals surface area contributed by atoms with Gasteiger partial charge in [0.05, 0.1) is 18.7 Å². The number of anilines is 1. The number of hydrogen-bond donors (Lipinski definition) is 1. The quantitative estimate of drug-likeness (QED) is 0.733. The first-order valence-electron chi connectivity index (χ1n) is 6.79. The maximum absolute atomic E-state index is 6.09. The van der Waals surface area contributed by atoms with Gasteiger partial charge in [0.2, 0.25) is 5.95 Å². The number of nitrogens with zero attached hydrogens (tertiary/aromatic N) is 2. The van der Waals surface area contributed by atoms with Gasteiger partial charge >= 0.3 is 0 Å². The standard InChI is InChI=1S/C15H16BrN3OS/c1-2-6-20-13-5-3-4-12-14(13)18-15(17)19(12)8-11-7-10(16)9-21-11/h3-5,7,9H,2,6,8H2,1H3,(H2,17,18). The Morgan fingerprint density at radius 3 is 3.00 bits per heavy atom. The van der Waals surface area contributed by atoms with E-state index in [2.05, 4.69) is 39.3 Å². The van der Waals surface area contributed by atoms with E-state index in [-0.39, 0.29) is 0 Å². The van der Waals surface area contributed by atoms with Crippen molar-refractivity contribution in [3.8, 4) is 5.75 Å². The van der Waals surface area contributed by atoms with E-state index < -0.39 is 0 Å². The molecule has 21 heavy (non-hydrogen) atoms. The molecule has 0 aliphatic heterocycles. The van der Waals surface area contributed by atoms with Gasteiger partial charge in [0.15, 0.2) is 0 Å². The molecule has 1 aromatic carbocycles. The largest absolute Gasteiger partial charge is 0.491 e. The second kappa shape index (κ2) is 6.07. The van der Waals surface area contributed by atoms with Crippen molar-refractivity contribution in [1.29, 1.82) is 0 Å². The zero-order valence-electron chi connectivity index (χ0n) is 11.7. The summed E-state index contributed by atoms with van der Waals surface area (Å²) in [5, 5.41) is 2.07. The number of para-hydroxylation sites is 1. The lowest BCUT2D eigenvalue weighted by atomic mass is 10.3. The fraction of sp³-hybridized carbons (Fsp3) is 0.267. The van der Waals surface area contributed by atoms with Gasteiger partial charge in [-0.3, -0.25) is 0 Å². The van der Waals surface area contributed by atoms with Gasteiger partial charge in [-0.05, 0) is 40.5 Å². The molecule has 110 valence electrons. The Morgan fingerprint density at radius 2 is 2.29 bits per heavy atom. The summed E-state index contributed by atoms with van der Waals surface area (Å²) in [6, 6.07) is 8.05. The summed E-state index contributed by atoms with van der Waals surface area (Å²) in [7, 11) is 0. The number of aromatic nitrogens is 2. The van der Waals surface area contributed by atoms with Crippen molar-refractivity contribution < 1.29 is 4.74 Å². The molecule has 2 aromatic heterocycles. The first-order valence-corrected chi connectivity index (χ1v) is 8.46. The number of nitrogens with two attached hydrogens (primary N) is 1. The third-order valence-corrected chi connectivity index (χ3v) is 4.85. The van der Waals surface area contributed by atoms with E-state index in [9.17, 15) is 0 Å². The maximum Gasteiger partial charge on any atom is 0.201 e. The Morgan fingerprint density at radius 1 is 1.43 bits per heavy atom. The minimum Gasteiger partial charge on any atom is -0.491 e. The van der Waals surface area contributed by atoms with Gasteiger partial charge in [-0.25, -0.2) is 4.98 Å². The van der Waals surface area contributed by atoms with Crippen molar-refractivity contribution >= 4 is 44.2 Å². The molecule has 2 N–H and O–H groups in total. The molecule has 3 rings (SSSR count). The van der Waals surface area contributed by atoms with Gasteiger partial charge in [-0.2, -0.15) is 0 Å². The lowest BCUT2D eigenvalue weighted by molar-refractivity contribution is 0.320. The van der Waals surface area contributed by atoms with E-state index in [1.165, 1.54) is 4.88 Å². The molecular formula is C15H16BrN3OS. The van der Waals surface area contributed by atoms with Crippen LogP contribution in [0.5, 0.6) is 5.75 Å². The highest BCUT2D eigenvalue weighted by Gasteiger charge is 2.13. The highest BCUT2D eigenvalue weighted by atomic mass is 79.9. The number of nitrogen functional groups attached to an aromatic ring is 1. The van der Waals surface area contributed by atoms with Crippen LogP contribution in [0.1, 0.15) is 18.2 Å². The van der Waals surface area contributed by atoms with Crippen LogP contribution in [0.3, 0.4) is 0 Å². The van der Waals surface area contributed by atoms with Crippen LogP contribution in [0, 0.1) is 0 Å². The van der Waals surface area contributed by atoms with Crippen molar-refractivity contribution in [2.75, 3.05) is 12.3 Å². The molecule has 0 atom stereocenters. The number of thiophene rings is 1. The second-order valence-electron chi connectivity index (χ2n) is 4.76. The summed E-state index contributed by atoms with van der Waals surface area (Å²) >= 11 is 5.18. The molecule has 0 saturated carbocycles. The average Bonchev–Trinajstić information content (AvgIpc) is 3.02. The van der Waals surface area contributed by atoms with Gasteiger partial charge in [0, 0.05) is 14.7 Å². The molecule has 0 unspecified atom stereocenters. The third-order valence-electron chi connectivity index (χ3n) is 3.17. The third kappa shape index (κ3) is 2.91. The molecule has 0 aliphatic rings. The maximum atomic E-state index is 6.09. The molecule has 0 radical (unpaired) electrons. The summed E-state index contributed by atoms with van der Waals surface area (Å²) in [4.78, 5) is 5.71. The number of hydrogen-bond acceptors (Lipinski definition) is 4. The molecule has 6 heteroatoms. The minimum absolute atomic E-state index is 0.516. The summed E-state index contributed by atoms with van der Waals surface area (Å²) in [5.41, 5.74) is 7.93. The fourth-order valence-corrected chi connectivity index (χ4v) is 3.67. The molecule has 0 bridgehead atoms. The van der Waals surface area contributed by atoms with E-state index in [1.54, 1.807) is 11.3 Å². The first kappa shape index (κ1) is 14.4. The Bertz CT molecular complexity index is 765. The highest BCUT2D eigenvalue weighted by Crippen LogP contribution is 2.29. The normalized spacial score (nSPS) is 11.1. The monoisotopic (exact) mass is 365 g/mol. The Balaban J connectivity index is 2.00. The van der Waals surface area contributed by atoms with E-state index in [1.807, 2.05) is 22.8 Å². The first-order chi connectivity index (χ1) is 10.2. The van der Waals surface area contributed by atoms with Crippen LogP contribution >= 0.6 is 27.3 Å². The summed E-state index contributed by atoms with van der Waals surface area (Å²) < 4.78 is 8.87. The van der Waals surface area contributed by atoms with Crippen LogP contribution in [-0.4, -0.2) is 16.2 Å². The SMILES string of the molecule is CCCOc1cccc2c1nc(N)n2Cc1cc(Br)cs1. The molecule has 2 heterocycles. The van der Waals surface area contributed by atoms with Gasteiger partial charge in [-0.15, -0.1) is 11.3 Å². The molecule has 4 nitrogen and oxygen atoms in total. The van der Waals surface area contributed by atoms with Gasteiger partial charge in [-0.1, -0.05) is 13.0 Å². The summed E-state index contributed by atoms with van der Waals surface area (Å²) in [5.74, 6) is 1.31. The Kier molecular flexibility index (Phi) is 4.17. The molecule has 0 spiro atoms. The fourth-order valence-electron chi connectivity index (χ4n) is 2.23. The Hall–Kier alpha value is -1.53. The molecule has 3 aromatic rings. The van der Waals surface area contributed by atoms with Crippen molar-refractivity contribution in [1.82, 2.24) is 9.55 Å². The molecule has 0 aliphatic carbocycles. The van der Waals surface area contributed by atoms with Gasteiger partial charge in [0.1, 0.15) is 11.3 Å². The predicted octanol–water partition coefficient (Wildman–Crippen LogP) is 4.28. The predicted molar refractivity (Wildman–Crippen MR) is 91.1 cm³/mol. The van der Waals surface area contributed by atoms with Crippen LogP contribution in [-0.2, 0) is 6.54 Å². The van der Waals surface area contributed by atoms with E-state index >= 15 is 0 Å².